The van der Waals surface area contributed by atoms with Gasteiger partial charge in [-0.3, -0.25) is 9.59 Å². The zero-order valence-corrected chi connectivity index (χ0v) is 15.7. The summed E-state index contributed by atoms with van der Waals surface area (Å²) in [7, 11) is 0. The van der Waals surface area contributed by atoms with E-state index in [0.717, 1.165) is 12.8 Å². The minimum absolute atomic E-state index is 0.127. The van der Waals surface area contributed by atoms with Gasteiger partial charge in [0.05, 0.1) is 0 Å². The molecule has 0 radical (unpaired) electrons. The standard InChI is InChI=1S/C21H20N4O4/c22-24-23-12-13-7-9-25(10-8-13)20(26)14-5-6-18-16(11-14)19(21(27)28)15-3-1-2-4-17(15)29-18/h1-6,11,13,19H,7-10,12H2,(H,27,28). The quantitative estimate of drug-likeness (QED) is 0.477. The lowest BCUT2D eigenvalue weighted by molar-refractivity contribution is -0.137. The fraction of sp³-hybridized carbons (Fsp3) is 0.333. The van der Waals surface area contributed by atoms with Crippen LogP contribution in [0.4, 0.5) is 0 Å². The van der Waals surface area contributed by atoms with Gasteiger partial charge in [-0.05, 0) is 48.6 Å². The molecule has 1 unspecified atom stereocenters. The highest BCUT2D eigenvalue weighted by Gasteiger charge is 2.33. The highest BCUT2D eigenvalue weighted by molar-refractivity contribution is 5.95. The van der Waals surface area contributed by atoms with Crippen molar-refractivity contribution < 1.29 is 19.4 Å². The number of carbonyl (C=O) groups is 2. The van der Waals surface area contributed by atoms with Crippen LogP contribution in [0.3, 0.4) is 0 Å². The first-order valence-corrected chi connectivity index (χ1v) is 9.52. The smallest absolute Gasteiger partial charge is 0.315 e. The number of amides is 1. The van der Waals surface area contributed by atoms with Crippen LogP contribution in [-0.4, -0.2) is 41.5 Å². The Morgan fingerprint density at radius 1 is 1.14 bits per heavy atom. The number of hydrogen-bond donors (Lipinski definition) is 1. The van der Waals surface area contributed by atoms with Gasteiger partial charge in [0.25, 0.3) is 5.91 Å². The van der Waals surface area contributed by atoms with E-state index in [1.165, 1.54) is 0 Å². The first kappa shape index (κ1) is 18.8. The molecule has 1 amide bonds. The van der Waals surface area contributed by atoms with E-state index >= 15 is 0 Å². The molecule has 1 saturated heterocycles. The molecule has 0 aliphatic carbocycles. The van der Waals surface area contributed by atoms with Crippen LogP contribution in [-0.2, 0) is 4.79 Å². The number of hydrogen-bond acceptors (Lipinski definition) is 4. The van der Waals surface area contributed by atoms with Crippen molar-refractivity contribution in [3.8, 4) is 11.5 Å². The molecule has 0 aromatic heterocycles. The number of likely N-dealkylation sites (tertiary alicyclic amines) is 1. The van der Waals surface area contributed by atoms with Crippen molar-refractivity contribution in [1.29, 1.82) is 0 Å². The average molecular weight is 392 g/mol. The summed E-state index contributed by atoms with van der Waals surface area (Å²) >= 11 is 0. The number of piperidine rings is 1. The Bertz CT molecular complexity index is 1010. The molecule has 2 aliphatic rings. The van der Waals surface area contributed by atoms with Crippen molar-refractivity contribution in [1.82, 2.24) is 4.90 Å². The predicted molar refractivity (Wildman–Crippen MR) is 105 cm³/mol. The molecule has 2 aromatic rings. The summed E-state index contributed by atoms with van der Waals surface area (Å²) in [6.45, 7) is 1.63. The van der Waals surface area contributed by atoms with Gasteiger partial charge in [0.15, 0.2) is 0 Å². The number of fused-ring (bicyclic) bond motifs is 2. The topological polar surface area (TPSA) is 116 Å². The van der Waals surface area contributed by atoms with Crippen molar-refractivity contribution in [2.45, 2.75) is 18.8 Å². The van der Waals surface area contributed by atoms with Gasteiger partial charge in [-0.15, -0.1) is 0 Å². The maximum atomic E-state index is 13.0. The molecular weight excluding hydrogens is 372 g/mol. The third-order valence-electron chi connectivity index (χ3n) is 5.57. The molecular formula is C21H20N4O4. The van der Waals surface area contributed by atoms with E-state index in [9.17, 15) is 14.7 Å². The second-order valence-corrected chi connectivity index (χ2v) is 7.31. The molecule has 1 fully saturated rings. The van der Waals surface area contributed by atoms with E-state index in [-0.39, 0.29) is 5.91 Å². The minimum Gasteiger partial charge on any atom is -0.481 e. The minimum atomic E-state index is -0.981. The lowest BCUT2D eigenvalue weighted by atomic mass is 9.87. The number of benzene rings is 2. The summed E-state index contributed by atoms with van der Waals surface area (Å²) < 4.78 is 5.86. The summed E-state index contributed by atoms with van der Waals surface area (Å²) in [6.07, 6.45) is 1.56. The van der Waals surface area contributed by atoms with Crippen LogP contribution >= 0.6 is 0 Å². The van der Waals surface area contributed by atoms with E-state index in [1.54, 1.807) is 47.4 Å². The van der Waals surface area contributed by atoms with Gasteiger partial charge in [-0.1, -0.05) is 23.3 Å². The molecule has 4 rings (SSSR count). The summed E-state index contributed by atoms with van der Waals surface area (Å²) in [6, 6.07) is 12.0. The summed E-state index contributed by atoms with van der Waals surface area (Å²) in [5, 5.41) is 13.4. The summed E-state index contributed by atoms with van der Waals surface area (Å²) in [5.41, 5.74) is 9.96. The number of carbonyl (C=O) groups excluding carboxylic acids is 1. The van der Waals surface area contributed by atoms with Crippen LogP contribution in [0.25, 0.3) is 10.4 Å². The van der Waals surface area contributed by atoms with E-state index in [2.05, 4.69) is 10.0 Å². The normalized spacial score (nSPS) is 18.1. The van der Waals surface area contributed by atoms with Gasteiger partial charge in [0.1, 0.15) is 17.4 Å². The third-order valence-corrected chi connectivity index (χ3v) is 5.57. The fourth-order valence-corrected chi connectivity index (χ4v) is 4.02. The molecule has 1 N–H and O–H groups in total. The van der Waals surface area contributed by atoms with Gasteiger partial charge >= 0.3 is 5.97 Å². The maximum Gasteiger partial charge on any atom is 0.315 e. The van der Waals surface area contributed by atoms with Gasteiger partial charge in [-0.25, -0.2) is 0 Å². The van der Waals surface area contributed by atoms with Crippen molar-refractivity contribution in [3.05, 3.63) is 69.6 Å². The van der Waals surface area contributed by atoms with E-state index in [0.29, 0.717) is 53.7 Å². The Morgan fingerprint density at radius 2 is 1.86 bits per heavy atom. The zero-order valence-electron chi connectivity index (χ0n) is 15.7. The van der Waals surface area contributed by atoms with E-state index < -0.39 is 11.9 Å². The maximum absolute atomic E-state index is 13.0. The van der Waals surface area contributed by atoms with Crippen molar-refractivity contribution >= 4 is 11.9 Å². The molecule has 1 atom stereocenters. The van der Waals surface area contributed by atoms with Crippen LogP contribution in [0.5, 0.6) is 11.5 Å². The van der Waals surface area contributed by atoms with Crippen molar-refractivity contribution in [3.63, 3.8) is 0 Å². The number of nitrogens with zero attached hydrogens (tertiary/aromatic N) is 4. The largest absolute Gasteiger partial charge is 0.481 e. The van der Waals surface area contributed by atoms with E-state index in [4.69, 9.17) is 10.3 Å². The zero-order chi connectivity index (χ0) is 20.4. The van der Waals surface area contributed by atoms with Gasteiger partial charge in [0.2, 0.25) is 0 Å². The van der Waals surface area contributed by atoms with Crippen LogP contribution in [0.2, 0.25) is 0 Å². The molecule has 2 aromatic carbocycles. The lowest BCUT2D eigenvalue weighted by Crippen LogP contribution is -2.39. The molecule has 0 saturated carbocycles. The fourth-order valence-electron chi connectivity index (χ4n) is 4.02. The second-order valence-electron chi connectivity index (χ2n) is 7.31. The van der Waals surface area contributed by atoms with Gasteiger partial charge in [0, 0.05) is 41.2 Å². The predicted octanol–water partition coefficient (Wildman–Crippen LogP) is 4.17. The summed E-state index contributed by atoms with van der Waals surface area (Å²) in [5.74, 6) is -0.713. The molecule has 8 nitrogen and oxygen atoms in total. The first-order valence-electron chi connectivity index (χ1n) is 9.52. The SMILES string of the molecule is [N-]=[N+]=NCC1CCN(C(=O)c2ccc3c(c2)C(C(=O)O)c2ccccc2O3)CC1. The number of azide groups is 1. The molecule has 148 valence electrons. The number of aliphatic carboxylic acids is 1. The first-order chi connectivity index (χ1) is 14.1. The molecule has 29 heavy (non-hydrogen) atoms. The Hall–Kier alpha value is -3.51. The van der Waals surface area contributed by atoms with Crippen LogP contribution in [0.15, 0.2) is 47.6 Å². The Labute approximate surface area is 167 Å². The third kappa shape index (κ3) is 3.62. The Morgan fingerprint density at radius 3 is 2.59 bits per heavy atom. The summed E-state index contributed by atoms with van der Waals surface area (Å²) in [4.78, 5) is 29.5. The van der Waals surface area contributed by atoms with Crippen LogP contribution in [0.1, 0.15) is 40.2 Å². The van der Waals surface area contributed by atoms with Gasteiger partial charge < -0.3 is 14.7 Å². The number of carboxylic acid groups (broad SMARTS) is 1. The second kappa shape index (κ2) is 7.85. The molecule has 8 heteroatoms. The average Bonchev–Trinajstić information content (AvgIpc) is 2.75. The Balaban J connectivity index is 1.57. The molecule has 0 bridgehead atoms. The molecule has 2 aliphatic heterocycles. The number of carboxylic acids is 1. The van der Waals surface area contributed by atoms with Crippen LogP contribution < -0.4 is 4.74 Å². The number of ether oxygens (including phenoxy) is 1. The van der Waals surface area contributed by atoms with Crippen molar-refractivity contribution in [2.75, 3.05) is 19.6 Å². The van der Waals surface area contributed by atoms with Gasteiger partial charge in [-0.2, -0.15) is 0 Å². The van der Waals surface area contributed by atoms with Crippen molar-refractivity contribution in [2.24, 2.45) is 11.0 Å². The monoisotopic (exact) mass is 392 g/mol. The van der Waals surface area contributed by atoms with E-state index in [1.807, 2.05) is 0 Å². The lowest BCUT2D eigenvalue weighted by Gasteiger charge is -2.32. The highest BCUT2D eigenvalue weighted by atomic mass is 16.5. The number of para-hydroxylation sites is 1. The molecule has 0 spiro atoms. The molecule has 2 heterocycles. The Kier molecular flexibility index (Phi) is 5.10. The van der Waals surface area contributed by atoms with Crippen LogP contribution in [0, 0.1) is 5.92 Å². The highest BCUT2D eigenvalue weighted by Crippen LogP contribution is 2.44. The number of rotatable bonds is 4.